The van der Waals surface area contributed by atoms with E-state index in [1.54, 1.807) is 0 Å². The van der Waals surface area contributed by atoms with Crippen LogP contribution in [0.1, 0.15) is 23.5 Å². The normalized spacial score (nSPS) is 13.8. The molecule has 3 N–H and O–H groups in total. The Morgan fingerprint density at radius 3 is 2.90 bits per heavy atom. The molecule has 1 amide bonds. The first-order valence-electron chi connectivity index (χ1n) is 6.63. The summed E-state index contributed by atoms with van der Waals surface area (Å²) in [5, 5.41) is 2.88. The number of carbonyl (C=O) groups is 1. The molecule has 0 saturated heterocycles. The van der Waals surface area contributed by atoms with Crippen molar-refractivity contribution >= 4 is 11.6 Å². The highest BCUT2D eigenvalue weighted by atomic mass is 16.1. The molecule has 2 aromatic rings. The van der Waals surface area contributed by atoms with Gasteiger partial charge in [0.15, 0.2) is 0 Å². The minimum Gasteiger partial charge on any atom is -0.326 e. The third-order valence-corrected chi connectivity index (χ3v) is 3.38. The first kappa shape index (κ1) is 12.7. The number of benzene rings is 1. The summed E-state index contributed by atoms with van der Waals surface area (Å²) in [6.45, 7) is 2.26. The monoisotopic (exact) mass is 268 g/mol. The number of nitrogens with zero attached hydrogens (tertiary/aromatic N) is 2. The van der Waals surface area contributed by atoms with Gasteiger partial charge in [-0.25, -0.2) is 9.97 Å². The molecule has 2 heterocycles. The number of hydrogen-bond acceptors (Lipinski definition) is 4. The number of aromatic nitrogens is 2. The molecule has 1 aliphatic heterocycles. The van der Waals surface area contributed by atoms with Gasteiger partial charge in [-0.1, -0.05) is 6.07 Å². The maximum atomic E-state index is 11.4. The van der Waals surface area contributed by atoms with Crippen LogP contribution < -0.4 is 11.1 Å². The number of aryl methyl sites for hydroxylation is 2. The number of carbonyl (C=O) groups excluding carboxylic acids is 1. The van der Waals surface area contributed by atoms with E-state index >= 15 is 0 Å². The average molecular weight is 268 g/mol. The average Bonchev–Trinajstić information content (AvgIpc) is 2.46. The lowest BCUT2D eigenvalue weighted by molar-refractivity contribution is -0.116. The molecule has 1 aromatic carbocycles. The molecule has 0 atom stereocenters. The SMILES string of the molecule is Cc1cc(-c2ccc3c(c2)CCC(=O)N3)nc(CN)n1. The van der Waals surface area contributed by atoms with E-state index in [1.807, 2.05) is 25.1 Å². The van der Waals surface area contributed by atoms with E-state index in [0.717, 1.165) is 34.6 Å². The number of anilines is 1. The third kappa shape index (κ3) is 2.40. The quantitative estimate of drug-likeness (QED) is 0.870. The van der Waals surface area contributed by atoms with Crippen molar-refractivity contribution in [3.8, 4) is 11.3 Å². The lowest BCUT2D eigenvalue weighted by atomic mass is 9.99. The second-order valence-corrected chi connectivity index (χ2v) is 4.94. The van der Waals surface area contributed by atoms with Crippen LogP contribution in [0, 0.1) is 6.92 Å². The number of amides is 1. The van der Waals surface area contributed by atoms with E-state index in [0.29, 0.717) is 18.8 Å². The highest BCUT2D eigenvalue weighted by Crippen LogP contribution is 2.28. The van der Waals surface area contributed by atoms with Crippen LogP contribution in [0.25, 0.3) is 11.3 Å². The van der Waals surface area contributed by atoms with Gasteiger partial charge in [-0.15, -0.1) is 0 Å². The first-order chi connectivity index (χ1) is 9.65. The van der Waals surface area contributed by atoms with Crippen molar-refractivity contribution in [1.29, 1.82) is 0 Å². The molecule has 20 heavy (non-hydrogen) atoms. The summed E-state index contributed by atoms with van der Waals surface area (Å²) < 4.78 is 0. The smallest absolute Gasteiger partial charge is 0.224 e. The van der Waals surface area contributed by atoms with Gasteiger partial charge in [0.05, 0.1) is 12.2 Å². The zero-order chi connectivity index (χ0) is 14.1. The minimum atomic E-state index is 0.0774. The third-order valence-electron chi connectivity index (χ3n) is 3.38. The molecule has 5 heteroatoms. The number of nitrogens with one attached hydrogen (secondary N) is 1. The van der Waals surface area contributed by atoms with Gasteiger partial charge in [0.25, 0.3) is 0 Å². The van der Waals surface area contributed by atoms with Crippen molar-refractivity contribution in [2.45, 2.75) is 26.3 Å². The van der Waals surface area contributed by atoms with Crippen LogP contribution in [-0.2, 0) is 17.8 Å². The fraction of sp³-hybridized carbons (Fsp3) is 0.267. The molecule has 3 rings (SSSR count). The van der Waals surface area contributed by atoms with Crippen LogP contribution in [0.4, 0.5) is 5.69 Å². The molecular formula is C15H16N4O. The number of fused-ring (bicyclic) bond motifs is 1. The highest BCUT2D eigenvalue weighted by molar-refractivity contribution is 5.94. The van der Waals surface area contributed by atoms with Crippen LogP contribution in [0.15, 0.2) is 24.3 Å². The molecule has 0 spiro atoms. The van der Waals surface area contributed by atoms with Gasteiger partial charge in [-0.05, 0) is 37.1 Å². The first-order valence-corrected chi connectivity index (χ1v) is 6.63. The molecule has 1 aromatic heterocycles. The van der Waals surface area contributed by atoms with Crippen molar-refractivity contribution in [3.05, 3.63) is 41.3 Å². The Bertz CT molecular complexity index is 682. The lowest BCUT2D eigenvalue weighted by Gasteiger charge is -2.17. The fourth-order valence-electron chi connectivity index (χ4n) is 2.41. The van der Waals surface area contributed by atoms with Crippen molar-refractivity contribution in [2.75, 3.05) is 5.32 Å². The Balaban J connectivity index is 2.03. The fourth-order valence-corrected chi connectivity index (χ4v) is 2.41. The molecule has 1 aliphatic rings. The molecular weight excluding hydrogens is 252 g/mol. The van der Waals surface area contributed by atoms with E-state index in [-0.39, 0.29) is 5.91 Å². The highest BCUT2D eigenvalue weighted by Gasteiger charge is 2.15. The number of hydrogen-bond donors (Lipinski definition) is 2. The van der Waals surface area contributed by atoms with Gasteiger partial charge in [-0.2, -0.15) is 0 Å². The maximum absolute atomic E-state index is 11.4. The summed E-state index contributed by atoms with van der Waals surface area (Å²) in [5.41, 5.74) is 10.5. The van der Waals surface area contributed by atoms with Crippen molar-refractivity contribution < 1.29 is 4.79 Å². The molecule has 0 saturated carbocycles. The second kappa shape index (κ2) is 5.02. The topological polar surface area (TPSA) is 80.9 Å². The van der Waals surface area contributed by atoms with Gasteiger partial charge >= 0.3 is 0 Å². The summed E-state index contributed by atoms with van der Waals surface area (Å²) in [6.07, 6.45) is 1.30. The Hall–Kier alpha value is -2.27. The van der Waals surface area contributed by atoms with E-state index in [1.165, 1.54) is 0 Å². The van der Waals surface area contributed by atoms with Gasteiger partial charge in [0.1, 0.15) is 5.82 Å². The van der Waals surface area contributed by atoms with E-state index in [2.05, 4.69) is 21.4 Å². The molecule has 0 radical (unpaired) electrons. The van der Waals surface area contributed by atoms with Crippen molar-refractivity contribution in [3.63, 3.8) is 0 Å². The Morgan fingerprint density at radius 2 is 2.10 bits per heavy atom. The van der Waals surface area contributed by atoms with Crippen LogP contribution in [0.3, 0.4) is 0 Å². The van der Waals surface area contributed by atoms with Crippen molar-refractivity contribution in [1.82, 2.24) is 9.97 Å². The standard InChI is InChI=1S/C15H16N4O/c1-9-6-13(18-14(8-16)17-9)11-2-4-12-10(7-11)3-5-15(20)19-12/h2,4,6-7H,3,5,8,16H2,1H3,(H,19,20). The lowest BCUT2D eigenvalue weighted by Crippen LogP contribution is -2.18. The molecule has 5 nitrogen and oxygen atoms in total. The van der Waals surface area contributed by atoms with Gasteiger partial charge in [0.2, 0.25) is 5.91 Å². The molecule has 0 unspecified atom stereocenters. The second-order valence-electron chi connectivity index (χ2n) is 4.94. The van der Waals surface area contributed by atoms with Crippen LogP contribution in [-0.4, -0.2) is 15.9 Å². The molecule has 0 fully saturated rings. The molecule has 102 valence electrons. The van der Waals surface area contributed by atoms with Gasteiger partial charge < -0.3 is 11.1 Å². The predicted octanol–water partition coefficient (Wildman–Crippen LogP) is 1.80. The zero-order valence-electron chi connectivity index (χ0n) is 11.3. The Labute approximate surface area is 117 Å². The van der Waals surface area contributed by atoms with Gasteiger partial charge in [-0.3, -0.25) is 4.79 Å². The summed E-state index contributed by atoms with van der Waals surface area (Å²) >= 11 is 0. The molecule has 0 aliphatic carbocycles. The van der Waals surface area contributed by atoms with Crippen molar-refractivity contribution in [2.24, 2.45) is 5.73 Å². The Morgan fingerprint density at radius 1 is 1.25 bits per heavy atom. The van der Waals surface area contributed by atoms with Crippen LogP contribution in [0.2, 0.25) is 0 Å². The Kier molecular flexibility index (Phi) is 3.20. The van der Waals surface area contributed by atoms with E-state index in [9.17, 15) is 4.79 Å². The van der Waals surface area contributed by atoms with Crippen LogP contribution >= 0.6 is 0 Å². The summed E-state index contributed by atoms with van der Waals surface area (Å²) in [4.78, 5) is 20.1. The number of nitrogens with two attached hydrogens (primary N) is 1. The maximum Gasteiger partial charge on any atom is 0.224 e. The zero-order valence-corrected chi connectivity index (χ0v) is 11.3. The largest absolute Gasteiger partial charge is 0.326 e. The number of rotatable bonds is 2. The summed E-state index contributed by atoms with van der Waals surface area (Å²) in [5.74, 6) is 0.722. The van der Waals surface area contributed by atoms with Gasteiger partial charge in [0, 0.05) is 23.4 Å². The van der Waals surface area contributed by atoms with E-state index < -0.39 is 0 Å². The summed E-state index contributed by atoms with van der Waals surface area (Å²) in [7, 11) is 0. The minimum absolute atomic E-state index is 0.0774. The van der Waals surface area contributed by atoms with E-state index in [4.69, 9.17) is 5.73 Å². The van der Waals surface area contributed by atoms with Crippen LogP contribution in [0.5, 0.6) is 0 Å². The molecule has 0 bridgehead atoms. The summed E-state index contributed by atoms with van der Waals surface area (Å²) in [6, 6.07) is 7.92. The predicted molar refractivity (Wildman–Crippen MR) is 77.0 cm³/mol.